The number of thiazole rings is 1. The Balaban J connectivity index is 2.11. The van der Waals surface area contributed by atoms with Gasteiger partial charge in [0, 0.05) is 7.05 Å². The van der Waals surface area contributed by atoms with Gasteiger partial charge in [-0.05, 0) is 0 Å². The molecule has 0 bridgehead atoms. The summed E-state index contributed by atoms with van der Waals surface area (Å²) in [6.45, 7) is 0.0638. The lowest BCUT2D eigenvalue weighted by atomic mass is 10.6. The molecule has 1 N–H and O–H groups in total. The van der Waals surface area contributed by atoms with E-state index in [0.29, 0.717) is 5.82 Å². The van der Waals surface area contributed by atoms with Crippen LogP contribution >= 0.6 is 22.9 Å². The molecule has 0 aliphatic rings. The summed E-state index contributed by atoms with van der Waals surface area (Å²) < 4.78 is 27.9. The van der Waals surface area contributed by atoms with Gasteiger partial charge in [-0.3, -0.25) is 0 Å². The zero-order valence-electron chi connectivity index (χ0n) is 8.66. The Kier molecular flexibility index (Phi) is 3.43. The Bertz CT molecular complexity index is 620. The Morgan fingerprint density at radius 1 is 1.59 bits per heavy atom. The Labute approximate surface area is 107 Å². The lowest BCUT2D eigenvalue weighted by Crippen LogP contribution is -2.24. The molecule has 0 saturated carbocycles. The van der Waals surface area contributed by atoms with Gasteiger partial charge in [0.1, 0.15) is 12.2 Å². The van der Waals surface area contributed by atoms with Crippen LogP contribution in [-0.4, -0.2) is 28.2 Å². The van der Waals surface area contributed by atoms with E-state index in [1.807, 2.05) is 0 Å². The van der Waals surface area contributed by atoms with Crippen LogP contribution < -0.4 is 4.72 Å². The summed E-state index contributed by atoms with van der Waals surface area (Å²) in [6, 6.07) is 0. The third-order valence-electron chi connectivity index (χ3n) is 1.95. The summed E-state index contributed by atoms with van der Waals surface area (Å²) in [5, 5.41) is 7.41. The predicted octanol–water partition coefficient (Wildman–Crippen LogP) is 0.403. The highest BCUT2D eigenvalue weighted by molar-refractivity contribution is 7.91. The topological polar surface area (TPSA) is 89.8 Å². The van der Waals surface area contributed by atoms with Gasteiger partial charge >= 0.3 is 0 Å². The standard InChI is InChI=1S/C7H8ClN5O2S2/c1-13-4-10-12-5(13)2-11-17(14,15)6-3-9-7(8)16-6/h3-4,11H,2H2,1H3. The van der Waals surface area contributed by atoms with E-state index in [-0.39, 0.29) is 15.2 Å². The van der Waals surface area contributed by atoms with Crippen LogP contribution in [0, 0.1) is 0 Å². The lowest BCUT2D eigenvalue weighted by Gasteiger charge is -2.03. The molecule has 0 unspecified atom stereocenters. The molecular weight excluding hydrogens is 286 g/mol. The molecule has 10 heteroatoms. The van der Waals surface area contributed by atoms with Crippen LogP contribution in [-0.2, 0) is 23.6 Å². The van der Waals surface area contributed by atoms with E-state index in [0.717, 1.165) is 11.3 Å². The first kappa shape index (κ1) is 12.4. The van der Waals surface area contributed by atoms with Gasteiger partial charge in [0.15, 0.2) is 8.68 Å². The number of nitrogens with zero attached hydrogens (tertiary/aromatic N) is 4. The van der Waals surface area contributed by atoms with Gasteiger partial charge in [0.05, 0.1) is 12.7 Å². The Morgan fingerprint density at radius 2 is 2.35 bits per heavy atom. The normalized spacial score (nSPS) is 11.9. The van der Waals surface area contributed by atoms with Crippen molar-refractivity contribution in [2.45, 2.75) is 10.8 Å². The van der Waals surface area contributed by atoms with Crippen molar-refractivity contribution in [3.8, 4) is 0 Å². The van der Waals surface area contributed by atoms with Gasteiger partial charge in [-0.1, -0.05) is 22.9 Å². The summed E-state index contributed by atoms with van der Waals surface area (Å²) in [5.74, 6) is 0.518. The molecule has 0 radical (unpaired) electrons. The number of halogens is 1. The molecule has 0 aliphatic carbocycles. The van der Waals surface area contributed by atoms with Crippen LogP contribution in [0.15, 0.2) is 16.7 Å². The average molecular weight is 294 g/mol. The van der Waals surface area contributed by atoms with Crippen molar-refractivity contribution in [3.05, 3.63) is 22.8 Å². The Morgan fingerprint density at radius 3 is 2.88 bits per heavy atom. The highest BCUT2D eigenvalue weighted by atomic mass is 35.5. The molecule has 92 valence electrons. The molecule has 0 fully saturated rings. The maximum atomic E-state index is 11.8. The number of sulfonamides is 1. The van der Waals surface area contributed by atoms with Gasteiger partial charge in [-0.15, -0.1) is 10.2 Å². The van der Waals surface area contributed by atoms with Crippen molar-refractivity contribution in [3.63, 3.8) is 0 Å². The lowest BCUT2D eigenvalue weighted by molar-refractivity contribution is 0.579. The van der Waals surface area contributed by atoms with Crippen molar-refractivity contribution < 1.29 is 8.42 Å². The molecule has 0 spiro atoms. The second kappa shape index (κ2) is 4.69. The molecule has 0 aliphatic heterocycles. The van der Waals surface area contributed by atoms with Gasteiger partial charge in [-0.2, -0.15) is 0 Å². The zero-order valence-corrected chi connectivity index (χ0v) is 11.1. The fourth-order valence-electron chi connectivity index (χ4n) is 1.06. The summed E-state index contributed by atoms with van der Waals surface area (Å²) in [6.07, 6.45) is 2.71. The highest BCUT2D eigenvalue weighted by Gasteiger charge is 2.18. The third-order valence-corrected chi connectivity index (χ3v) is 4.92. The van der Waals surface area contributed by atoms with E-state index in [1.54, 1.807) is 11.6 Å². The minimum atomic E-state index is -3.59. The number of rotatable bonds is 4. The van der Waals surface area contributed by atoms with E-state index < -0.39 is 10.0 Å². The number of aromatic nitrogens is 4. The molecule has 2 rings (SSSR count). The van der Waals surface area contributed by atoms with Gasteiger partial charge in [0.2, 0.25) is 0 Å². The van der Waals surface area contributed by atoms with Crippen LogP contribution in [0.1, 0.15) is 5.82 Å². The van der Waals surface area contributed by atoms with Crippen molar-refractivity contribution in [2.75, 3.05) is 0 Å². The van der Waals surface area contributed by atoms with Crippen molar-refractivity contribution in [1.29, 1.82) is 0 Å². The molecule has 0 amide bonds. The van der Waals surface area contributed by atoms with E-state index in [9.17, 15) is 8.42 Å². The minimum absolute atomic E-state index is 0.0638. The number of hydrogen-bond donors (Lipinski definition) is 1. The average Bonchev–Trinajstić information content (AvgIpc) is 2.85. The fraction of sp³-hybridized carbons (Fsp3) is 0.286. The van der Waals surface area contributed by atoms with Gasteiger partial charge in [-0.25, -0.2) is 18.1 Å². The fourth-order valence-corrected chi connectivity index (χ4v) is 3.38. The van der Waals surface area contributed by atoms with E-state index in [2.05, 4.69) is 19.9 Å². The smallest absolute Gasteiger partial charge is 0.252 e. The van der Waals surface area contributed by atoms with Crippen LogP contribution in [0.25, 0.3) is 0 Å². The zero-order chi connectivity index (χ0) is 12.5. The number of nitrogens with one attached hydrogen (secondary N) is 1. The summed E-state index contributed by atoms with van der Waals surface area (Å²) in [4.78, 5) is 3.68. The monoisotopic (exact) mass is 293 g/mol. The van der Waals surface area contributed by atoms with Crippen LogP contribution in [0.4, 0.5) is 0 Å². The third kappa shape index (κ3) is 2.80. The second-order valence-electron chi connectivity index (χ2n) is 3.11. The minimum Gasteiger partial charge on any atom is -0.320 e. The maximum absolute atomic E-state index is 11.8. The van der Waals surface area contributed by atoms with E-state index >= 15 is 0 Å². The van der Waals surface area contributed by atoms with Crippen LogP contribution in [0.3, 0.4) is 0 Å². The molecule has 2 heterocycles. The molecule has 0 aromatic carbocycles. The molecular formula is C7H8ClN5O2S2. The Hall–Kier alpha value is -1.03. The summed E-state index contributed by atoms with van der Waals surface area (Å²) in [5.41, 5.74) is 0. The van der Waals surface area contributed by atoms with Crippen molar-refractivity contribution >= 4 is 33.0 Å². The molecule has 2 aromatic heterocycles. The van der Waals surface area contributed by atoms with Crippen LogP contribution in [0.5, 0.6) is 0 Å². The maximum Gasteiger partial charge on any atom is 0.252 e. The first-order valence-electron chi connectivity index (χ1n) is 4.43. The van der Waals surface area contributed by atoms with E-state index in [1.165, 1.54) is 12.5 Å². The van der Waals surface area contributed by atoms with Crippen molar-refractivity contribution in [2.24, 2.45) is 7.05 Å². The SMILES string of the molecule is Cn1cnnc1CNS(=O)(=O)c1cnc(Cl)s1. The molecule has 0 saturated heterocycles. The molecule has 2 aromatic rings. The quantitative estimate of drug-likeness (QED) is 0.881. The molecule has 17 heavy (non-hydrogen) atoms. The van der Waals surface area contributed by atoms with Gasteiger partial charge in [0.25, 0.3) is 10.0 Å². The van der Waals surface area contributed by atoms with Gasteiger partial charge < -0.3 is 4.57 Å². The summed E-state index contributed by atoms with van der Waals surface area (Å²) in [7, 11) is -1.86. The highest BCUT2D eigenvalue weighted by Crippen LogP contribution is 2.22. The molecule has 7 nitrogen and oxygen atoms in total. The largest absolute Gasteiger partial charge is 0.320 e. The summed E-state index contributed by atoms with van der Waals surface area (Å²) >= 11 is 6.48. The van der Waals surface area contributed by atoms with Crippen molar-refractivity contribution in [1.82, 2.24) is 24.5 Å². The first-order chi connectivity index (χ1) is 7.99. The first-order valence-corrected chi connectivity index (χ1v) is 7.10. The van der Waals surface area contributed by atoms with Crippen LogP contribution in [0.2, 0.25) is 4.47 Å². The number of aryl methyl sites for hydroxylation is 1. The predicted molar refractivity (Wildman–Crippen MR) is 62.2 cm³/mol. The van der Waals surface area contributed by atoms with E-state index in [4.69, 9.17) is 11.6 Å². The second-order valence-corrected chi connectivity index (χ2v) is 6.72. The number of hydrogen-bond acceptors (Lipinski definition) is 6. The molecule has 0 atom stereocenters.